The number of carbonyl (C=O) groups is 2. The fraction of sp³-hybridized carbons (Fsp3) is 0.556. The molecular weight excluding hydrogens is 322 g/mol. The summed E-state index contributed by atoms with van der Waals surface area (Å²) in [6.07, 6.45) is 4.84. The first-order valence-corrected chi connectivity index (χ1v) is 8.76. The van der Waals surface area contributed by atoms with Crippen molar-refractivity contribution in [3.05, 3.63) is 23.8 Å². The van der Waals surface area contributed by atoms with E-state index in [1.807, 2.05) is 25.1 Å². The van der Waals surface area contributed by atoms with E-state index < -0.39 is 6.04 Å². The number of hydrogen-bond donors (Lipinski definition) is 3. The molecule has 0 radical (unpaired) electrons. The van der Waals surface area contributed by atoms with Crippen molar-refractivity contribution in [1.29, 1.82) is 0 Å². The van der Waals surface area contributed by atoms with E-state index in [0.717, 1.165) is 24.2 Å². The van der Waals surface area contributed by atoms with Gasteiger partial charge in [0.1, 0.15) is 6.04 Å². The molecule has 7 nitrogen and oxygen atoms in total. The molecule has 0 spiro atoms. The maximum Gasteiger partial charge on any atom is 0.315 e. The van der Waals surface area contributed by atoms with Crippen LogP contribution in [0.2, 0.25) is 0 Å². The van der Waals surface area contributed by atoms with Gasteiger partial charge < -0.3 is 25.4 Å². The highest BCUT2D eigenvalue weighted by molar-refractivity contribution is 5.90. The average Bonchev–Trinajstić information content (AvgIpc) is 3.26. The second-order valence-electron chi connectivity index (χ2n) is 6.57. The molecule has 0 unspecified atom stereocenters. The Bertz CT molecular complexity index is 643. The highest BCUT2D eigenvalue weighted by atomic mass is 16.5. The number of rotatable bonds is 6. The van der Waals surface area contributed by atoms with Crippen molar-refractivity contribution >= 4 is 11.9 Å². The highest BCUT2D eigenvalue weighted by Crippen LogP contribution is 2.33. The van der Waals surface area contributed by atoms with Crippen LogP contribution in [-0.2, 0) is 4.79 Å². The quantitative estimate of drug-likeness (QED) is 0.733. The van der Waals surface area contributed by atoms with Gasteiger partial charge in [-0.2, -0.15) is 0 Å². The Balaban J connectivity index is 1.64. The lowest BCUT2D eigenvalue weighted by atomic mass is 10.1. The Morgan fingerprint density at radius 2 is 2.04 bits per heavy atom. The van der Waals surface area contributed by atoms with Gasteiger partial charge in [0.25, 0.3) is 0 Å². The number of methoxy groups -OCH3 is 1. The summed E-state index contributed by atoms with van der Waals surface area (Å²) >= 11 is 0. The first-order chi connectivity index (χ1) is 12.1. The van der Waals surface area contributed by atoms with Crippen LogP contribution >= 0.6 is 0 Å². The minimum absolute atomic E-state index is 0.209. The zero-order valence-corrected chi connectivity index (χ0v) is 14.6. The van der Waals surface area contributed by atoms with Crippen molar-refractivity contribution in [3.63, 3.8) is 0 Å². The summed E-state index contributed by atoms with van der Waals surface area (Å²) in [6.45, 7) is 2.20. The molecule has 0 aromatic heterocycles. The molecule has 1 aromatic rings. The maximum atomic E-state index is 12.2. The first-order valence-electron chi connectivity index (χ1n) is 8.76. The van der Waals surface area contributed by atoms with Crippen molar-refractivity contribution in [2.24, 2.45) is 0 Å². The summed E-state index contributed by atoms with van der Waals surface area (Å²) in [5, 5.41) is 8.06. The van der Waals surface area contributed by atoms with Gasteiger partial charge in [0, 0.05) is 6.54 Å². The van der Waals surface area contributed by atoms with Crippen LogP contribution in [0.4, 0.5) is 4.79 Å². The third kappa shape index (κ3) is 4.15. The molecule has 136 valence electrons. The zero-order valence-electron chi connectivity index (χ0n) is 14.6. The molecule has 1 aromatic carbocycles. The Labute approximate surface area is 147 Å². The van der Waals surface area contributed by atoms with E-state index >= 15 is 0 Å². The third-order valence-corrected chi connectivity index (χ3v) is 4.73. The lowest BCUT2D eigenvalue weighted by Crippen LogP contribution is -2.43. The summed E-state index contributed by atoms with van der Waals surface area (Å²) in [4.78, 5) is 23.3. The molecule has 0 bridgehead atoms. The van der Waals surface area contributed by atoms with Crippen LogP contribution < -0.4 is 25.4 Å². The van der Waals surface area contributed by atoms with Crippen molar-refractivity contribution in [2.45, 2.75) is 50.8 Å². The highest BCUT2D eigenvalue weighted by Gasteiger charge is 2.28. The van der Waals surface area contributed by atoms with Gasteiger partial charge >= 0.3 is 6.03 Å². The fourth-order valence-corrected chi connectivity index (χ4v) is 3.25. The lowest BCUT2D eigenvalue weighted by Gasteiger charge is -2.20. The minimum atomic E-state index is -0.540. The van der Waals surface area contributed by atoms with Crippen LogP contribution in [0.3, 0.4) is 0 Å². The summed E-state index contributed by atoms with van der Waals surface area (Å²) < 4.78 is 11.5. The minimum Gasteiger partial charge on any atom is -0.493 e. The largest absolute Gasteiger partial charge is 0.493 e. The fourth-order valence-electron chi connectivity index (χ4n) is 3.25. The van der Waals surface area contributed by atoms with Crippen molar-refractivity contribution < 1.29 is 19.1 Å². The molecule has 3 rings (SSSR count). The lowest BCUT2D eigenvalue weighted by molar-refractivity contribution is -0.123. The predicted molar refractivity (Wildman–Crippen MR) is 92.8 cm³/mol. The molecule has 1 saturated heterocycles. The Hall–Kier alpha value is -2.44. The van der Waals surface area contributed by atoms with Crippen LogP contribution in [-0.4, -0.2) is 37.7 Å². The Kier molecular flexibility index (Phi) is 5.31. The standard InChI is InChI=1S/C18H25N3O4/c1-11(20-17(22)14-10-19-18(23)21-14)12-7-8-15(16(9-12)24-2)25-13-5-3-4-6-13/h7-9,11,13-14H,3-6,10H2,1-2H3,(H,20,22)(H2,19,21,23)/t11-,14-/m1/s1. The molecule has 7 heteroatoms. The van der Waals surface area contributed by atoms with Gasteiger partial charge in [-0.15, -0.1) is 0 Å². The molecule has 2 atom stereocenters. The van der Waals surface area contributed by atoms with E-state index in [0.29, 0.717) is 12.3 Å². The van der Waals surface area contributed by atoms with Crippen LogP contribution in [0.15, 0.2) is 18.2 Å². The summed E-state index contributed by atoms with van der Waals surface area (Å²) in [5.41, 5.74) is 0.918. The van der Waals surface area contributed by atoms with Crippen LogP contribution in [0.1, 0.15) is 44.2 Å². The number of carbonyl (C=O) groups excluding carboxylic acids is 2. The van der Waals surface area contributed by atoms with Crippen molar-refractivity contribution in [1.82, 2.24) is 16.0 Å². The molecular formula is C18H25N3O4. The summed E-state index contributed by atoms with van der Waals surface area (Å²) in [5.74, 6) is 1.20. The van der Waals surface area contributed by atoms with E-state index in [2.05, 4.69) is 16.0 Å². The van der Waals surface area contributed by atoms with Crippen LogP contribution in [0.25, 0.3) is 0 Å². The number of hydrogen-bond acceptors (Lipinski definition) is 4. The van der Waals surface area contributed by atoms with E-state index in [-0.39, 0.29) is 24.1 Å². The molecule has 2 fully saturated rings. The average molecular weight is 347 g/mol. The number of amides is 3. The number of ether oxygens (including phenoxy) is 2. The molecule has 25 heavy (non-hydrogen) atoms. The third-order valence-electron chi connectivity index (χ3n) is 4.73. The van der Waals surface area contributed by atoms with Gasteiger partial charge in [-0.05, 0) is 50.3 Å². The number of nitrogens with one attached hydrogen (secondary N) is 3. The molecule has 2 aliphatic rings. The van der Waals surface area contributed by atoms with Gasteiger partial charge in [-0.3, -0.25) is 4.79 Å². The SMILES string of the molecule is COc1cc([C@@H](C)NC(=O)[C@H]2CNC(=O)N2)ccc1OC1CCCC1. The van der Waals surface area contributed by atoms with Crippen LogP contribution in [0.5, 0.6) is 11.5 Å². The normalized spacial score (nSPS) is 21.4. The molecule has 3 N–H and O–H groups in total. The van der Waals surface area contributed by atoms with Crippen molar-refractivity contribution in [2.75, 3.05) is 13.7 Å². The Morgan fingerprint density at radius 3 is 2.68 bits per heavy atom. The second-order valence-corrected chi connectivity index (χ2v) is 6.57. The number of benzene rings is 1. The van der Waals surface area contributed by atoms with Gasteiger partial charge in [0.2, 0.25) is 5.91 Å². The predicted octanol–water partition coefficient (Wildman–Crippen LogP) is 1.88. The summed E-state index contributed by atoms with van der Waals surface area (Å²) in [7, 11) is 1.61. The van der Waals surface area contributed by atoms with Gasteiger partial charge in [0.15, 0.2) is 11.5 Å². The van der Waals surface area contributed by atoms with E-state index in [1.54, 1.807) is 7.11 Å². The molecule has 1 saturated carbocycles. The monoisotopic (exact) mass is 347 g/mol. The maximum absolute atomic E-state index is 12.2. The molecule has 1 heterocycles. The Morgan fingerprint density at radius 1 is 1.28 bits per heavy atom. The van der Waals surface area contributed by atoms with E-state index in [1.165, 1.54) is 12.8 Å². The number of urea groups is 1. The van der Waals surface area contributed by atoms with Gasteiger partial charge in [-0.25, -0.2) is 4.79 Å². The van der Waals surface area contributed by atoms with E-state index in [9.17, 15) is 9.59 Å². The molecule has 3 amide bonds. The smallest absolute Gasteiger partial charge is 0.315 e. The van der Waals surface area contributed by atoms with Crippen LogP contribution in [0, 0.1) is 0 Å². The zero-order chi connectivity index (χ0) is 17.8. The first kappa shape index (κ1) is 17.4. The van der Waals surface area contributed by atoms with Gasteiger partial charge in [0.05, 0.1) is 19.3 Å². The van der Waals surface area contributed by atoms with Crippen molar-refractivity contribution in [3.8, 4) is 11.5 Å². The molecule has 1 aliphatic heterocycles. The topological polar surface area (TPSA) is 88.7 Å². The van der Waals surface area contributed by atoms with E-state index in [4.69, 9.17) is 9.47 Å². The summed E-state index contributed by atoms with van der Waals surface area (Å²) in [6, 6.07) is 4.65. The van der Waals surface area contributed by atoms with Gasteiger partial charge in [-0.1, -0.05) is 6.07 Å². The second kappa shape index (κ2) is 7.63. The molecule has 1 aliphatic carbocycles.